The third kappa shape index (κ3) is 5.39. The van der Waals surface area contributed by atoms with Crippen LogP contribution in [0.5, 0.6) is 0 Å². The number of carboxylic acid groups (broad SMARTS) is 1. The Morgan fingerprint density at radius 2 is 2.06 bits per heavy atom. The van der Waals surface area contributed by atoms with Crippen LogP contribution in [0.1, 0.15) is 47.1 Å². The molecular weight excluding hydrogens is 492 g/mol. The van der Waals surface area contributed by atoms with Crippen molar-refractivity contribution in [2.75, 3.05) is 11.9 Å². The van der Waals surface area contributed by atoms with E-state index < -0.39 is 28.8 Å². The number of ketones is 1. The summed E-state index contributed by atoms with van der Waals surface area (Å²) in [6, 6.07) is 7.34. The number of carboxylic acids is 1. The number of benzene rings is 1. The second-order valence-corrected chi connectivity index (χ2v) is 9.63. The molecule has 8 nitrogen and oxygen atoms in total. The molecule has 0 radical (unpaired) electrons. The van der Waals surface area contributed by atoms with Crippen molar-refractivity contribution < 1.29 is 23.5 Å². The van der Waals surface area contributed by atoms with Crippen molar-refractivity contribution in [1.82, 2.24) is 20.5 Å². The first kappa shape index (κ1) is 25.7. The molecule has 4 N–H and O–H groups in total. The second kappa shape index (κ2) is 10.3. The highest BCUT2D eigenvalue weighted by molar-refractivity contribution is 6.30. The van der Waals surface area contributed by atoms with Crippen molar-refractivity contribution in [2.45, 2.75) is 45.6 Å². The van der Waals surface area contributed by atoms with Crippen LogP contribution in [0.2, 0.25) is 5.02 Å². The van der Waals surface area contributed by atoms with Gasteiger partial charge in [0.15, 0.2) is 23.2 Å². The molecule has 0 aliphatic carbocycles. The number of hydrogen-bond donors (Lipinski definition) is 4. The Morgan fingerprint density at radius 3 is 2.72 bits per heavy atom. The Labute approximate surface area is 211 Å². The van der Waals surface area contributed by atoms with Crippen LogP contribution in [-0.4, -0.2) is 44.6 Å². The fourth-order valence-corrected chi connectivity index (χ4v) is 4.86. The number of pyridine rings is 1. The Balaban J connectivity index is 1.64. The van der Waals surface area contributed by atoms with E-state index in [0.717, 1.165) is 5.69 Å². The first-order valence-corrected chi connectivity index (χ1v) is 11.8. The van der Waals surface area contributed by atoms with Crippen molar-refractivity contribution in [3.05, 3.63) is 69.5 Å². The van der Waals surface area contributed by atoms with E-state index in [-0.39, 0.29) is 53.8 Å². The zero-order valence-corrected chi connectivity index (χ0v) is 20.5. The number of nitrogens with one attached hydrogen (secondary N) is 3. The molecule has 4 rings (SSSR count). The number of carbonyl (C=O) groups excluding carboxylic acids is 1. The van der Waals surface area contributed by atoms with Crippen molar-refractivity contribution in [2.24, 2.45) is 5.41 Å². The average molecular weight is 518 g/mol. The van der Waals surface area contributed by atoms with Gasteiger partial charge in [0, 0.05) is 29.9 Å². The van der Waals surface area contributed by atoms with Gasteiger partial charge in [0.2, 0.25) is 0 Å². The predicted octanol–water partition coefficient (Wildman–Crippen LogP) is 4.60. The minimum Gasteiger partial charge on any atom is -0.481 e. The number of halogens is 3. The van der Waals surface area contributed by atoms with E-state index in [2.05, 4.69) is 25.8 Å². The minimum atomic E-state index is -1.25. The number of aryl methyl sites for hydroxylation is 1. The van der Waals surface area contributed by atoms with E-state index in [4.69, 9.17) is 11.6 Å². The maximum absolute atomic E-state index is 15.0. The number of aliphatic carboxylic acids is 1. The molecule has 11 heteroatoms. The van der Waals surface area contributed by atoms with Crippen molar-refractivity contribution in [3.8, 4) is 0 Å². The van der Waals surface area contributed by atoms with Crippen LogP contribution in [0.25, 0.3) is 0 Å². The highest BCUT2D eigenvalue weighted by Gasteiger charge is 2.43. The van der Waals surface area contributed by atoms with Gasteiger partial charge in [-0.2, -0.15) is 5.10 Å². The summed E-state index contributed by atoms with van der Waals surface area (Å²) < 4.78 is 29.5. The van der Waals surface area contributed by atoms with Crippen LogP contribution in [0.4, 0.5) is 20.4 Å². The molecule has 0 spiro atoms. The highest BCUT2D eigenvalue weighted by Crippen LogP contribution is 2.37. The molecule has 2 atom stereocenters. The molecule has 2 unspecified atom stereocenters. The summed E-state index contributed by atoms with van der Waals surface area (Å²) in [6.45, 7) is 3.40. The van der Waals surface area contributed by atoms with Gasteiger partial charge in [0.05, 0.1) is 16.0 Å². The van der Waals surface area contributed by atoms with Gasteiger partial charge in [0.1, 0.15) is 5.82 Å². The summed E-state index contributed by atoms with van der Waals surface area (Å²) in [5.41, 5.74) is -0.0530. The van der Waals surface area contributed by atoms with Crippen LogP contribution in [0, 0.1) is 24.0 Å². The van der Waals surface area contributed by atoms with Gasteiger partial charge in [-0.25, -0.2) is 13.8 Å². The molecule has 2 aromatic heterocycles. The number of aromatic nitrogens is 3. The topological polar surface area (TPSA) is 120 Å². The van der Waals surface area contributed by atoms with E-state index in [1.165, 1.54) is 19.1 Å². The van der Waals surface area contributed by atoms with E-state index in [1.807, 2.05) is 0 Å². The number of piperidine rings is 1. The molecule has 0 bridgehead atoms. The number of carbonyl (C=O) groups is 2. The summed E-state index contributed by atoms with van der Waals surface area (Å²) in [7, 11) is 0. The average Bonchev–Trinajstić information content (AvgIpc) is 3.23. The molecule has 3 aromatic rings. The summed E-state index contributed by atoms with van der Waals surface area (Å²) in [4.78, 5) is 29.0. The van der Waals surface area contributed by atoms with E-state index in [1.54, 1.807) is 25.1 Å². The van der Waals surface area contributed by atoms with Crippen LogP contribution < -0.4 is 10.6 Å². The third-order valence-corrected chi connectivity index (χ3v) is 6.78. The summed E-state index contributed by atoms with van der Waals surface area (Å²) in [5, 5.41) is 23.0. The monoisotopic (exact) mass is 517 g/mol. The molecule has 1 aromatic carbocycles. The summed E-state index contributed by atoms with van der Waals surface area (Å²) >= 11 is 5.90. The van der Waals surface area contributed by atoms with Gasteiger partial charge in [-0.05, 0) is 57.4 Å². The van der Waals surface area contributed by atoms with Crippen LogP contribution in [0.15, 0.2) is 30.3 Å². The Bertz CT molecular complexity index is 1310. The fraction of sp³-hybridized carbons (Fsp3) is 0.360. The molecule has 1 saturated heterocycles. The zero-order chi connectivity index (χ0) is 26.0. The number of aromatic amines is 1. The molecule has 0 saturated carbocycles. The Morgan fingerprint density at radius 1 is 1.28 bits per heavy atom. The first-order chi connectivity index (χ1) is 17.1. The number of H-pyrrole nitrogens is 1. The number of nitrogens with zero attached hydrogens (tertiary/aromatic N) is 2. The highest BCUT2D eigenvalue weighted by atomic mass is 35.5. The van der Waals surface area contributed by atoms with Crippen LogP contribution in [-0.2, 0) is 17.6 Å². The molecule has 3 heterocycles. The quantitative estimate of drug-likeness (QED) is 0.322. The lowest BCUT2D eigenvalue weighted by molar-refractivity contribution is -0.151. The zero-order valence-electron chi connectivity index (χ0n) is 19.8. The second-order valence-electron chi connectivity index (χ2n) is 9.23. The largest absolute Gasteiger partial charge is 0.481 e. The van der Waals surface area contributed by atoms with Crippen molar-refractivity contribution in [3.63, 3.8) is 0 Å². The lowest BCUT2D eigenvalue weighted by atomic mass is 9.71. The van der Waals surface area contributed by atoms with Gasteiger partial charge >= 0.3 is 5.97 Å². The Kier molecular flexibility index (Phi) is 7.37. The minimum absolute atomic E-state index is 0.00668. The molecule has 1 fully saturated rings. The van der Waals surface area contributed by atoms with Crippen molar-refractivity contribution >= 4 is 35.0 Å². The van der Waals surface area contributed by atoms with Gasteiger partial charge in [-0.15, -0.1) is 0 Å². The van der Waals surface area contributed by atoms with Gasteiger partial charge < -0.3 is 15.7 Å². The number of hydrogen-bond acceptors (Lipinski definition) is 6. The van der Waals surface area contributed by atoms with Gasteiger partial charge in [0.25, 0.3) is 0 Å². The normalized spacial score (nSPS) is 19.8. The van der Waals surface area contributed by atoms with Crippen LogP contribution in [0.3, 0.4) is 0 Å². The predicted molar refractivity (Wildman–Crippen MR) is 131 cm³/mol. The lowest BCUT2D eigenvalue weighted by Gasteiger charge is -2.38. The number of rotatable bonds is 8. The Hall–Kier alpha value is -3.37. The molecular formula is C25H26ClF2N5O3. The van der Waals surface area contributed by atoms with E-state index in [0.29, 0.717) is 17.9 Å². The smallest absolute Gasteiger partial charge is 0.310 e. The fourth-order valence-electron chi connectivity index (χ4n) is 4.67. The third-order valence-electron chi connectivity index (χ3n) is 6.49. The van der Waals surface area contributed by atoms with E-state index in [9.17, 15) is 19.1 Å². The molecule has 1 aliphatic heterocycles. The van der Waals surface area contributed by atoms with Crippen molar-refractivity contribution in [1.29, 1.82) is 0 Å². The summed E-state index contributed by atoms with van der Waals surface area (Å²) in [6.07, 6.45) is 0.687. The standard InChI is InChI=1S/C25H26ClF2N5O3/c1-13-8-20(33-32-13)31-23-22(28)18(14(2)34)10-17(30-23)12-25(24(35)36)6-7-29-16(11-25)9-15-4-3-5-19(26)21(15)27/h3-5,8,10,16,29H,6-7,9,11-12H2,1-2H3,(H,35,36)(H2,30,31,32,33). The SMILES string of the molecule is CC(=O)c1cc(CC2(C(=O)O)CCNC(Cc3cccc(Cl)c3F)C2)nc(Nc2cc(C)[nH]n2)c1F. The lowest BCUT2D eigenvalue weighted by Crippen LogP contribution is -2.50. The molecule has 0 amide bonds. The summed E-state index contributed by atoms with van der Waals surface area (Å²) in [5.74, 6) is -2.81. The number of anilines is 2. The molecule has 36 heavy (non-hydrogen) atoms. The molecule has 1 aliphatic rings. The first-order valence-electron chi connectivity index (χ1n) is 11.5. The van der Waals surface area contributed by atoms with Gasteiger partial charge in [-0.1, -0.05) is 23.7 Å². The van der Waals surface area contributed by atoms with Gasteiger partial charge in [-0.3, -0.25) is 14.7 Å². The molecule has 190 valence electrons. The maximum atomic E-state index is 15.0. The van der Waals surface area contributed by atoms with E-state index >= 15 is 4.39 Å². The maximum Gasteiger partial charge on any atom is 0.310 e. The number of Topliss-reactive ketones (excluding diaryl/α,β-unsaturated/α-hetero) is 1. The van der Waals surface area contributed by atoms with Crippen LogP contribution >= 0.6 is 11.6 Å².